The van der Waals surface area contributed by atoms with Crippen molar-refractivity contribution in [3.05, 3.63) is 29.8 Å². The van der Waals surface area contributed by atoms with Crippen molar-refractivity contribution in [3.63, 3.8) is 0 Å². The Morgan fingerprint density at radius 3 is 2.56 bits per heavy atom. The van der Waals surface area contributed by atoms with Crippen LogP contribution in [-0.2, 0) is 16.0 Å². The number of esters is 1. The molecule has 1 aromatic rings. The third kappa shape index (κ3) is 2.52. The summed E-state index contributed by atoms with van der Waals surface area (Å²) in [6.45, 7) is 2.01. The first kappa shape index (κ1) is 12.5. The average molecular weight is 222 g/mol. The van der Waals surface area contributed by atoms with Crippen molar-refractivity contribution < 1.29 is 9.53 Å². The summed E-state index contributed by atoms with van der Waals surface area (Å²) in [7, 11) is 1.37. The van der Waals surface area contributed by atoms with E-state index >= 15 is 0 Å². The minimum Gasteiger partial charge on any atom is -0.469 e. The Kier molecular flexibility index (Phi) is 3.90. The van der Waals surface area contributed by atoms with Gasteiger partial charge in [-0.15, -0.1) is 0 Å². The summed E-state index contributed by atoms with van der Waals surface area (Å²) < 4.78 is 4.76. The second kappa shape index (κ2) is 4.99. The maximum atomic E-state index is 11.6. The van der Waals surface area contributed by atoms with Crippen molar-refractivity contribution in [1.82, 2.24) is 0 Å². The second-order valence-corrected chi connectivity index (χ2v) is 4.13. The fraction of sp³-hybridized carbons (Fsp3) is 0.417. The van der Waals surface area contributed by atoms with Gasteiger partial charge in [-0.25, -0.2) is 0 Å². The van der Waals surface area contributed by atoms with E-state index in [4.69, 9.17) is 16.2 Å². The summed E-state index contributed by atoms with van der Waals surface area (Å²) in [5, 5.41) is 0. The van der Waals surface area contributed by atoms with Crippen molar-refractivity contribution in [3.8, 4) is 0 Å². The third-order valence-electron chi connectivity index (χ3n) is 2.76. The van der Waals surface area contributed by atoms with Crippen LogP contribution in [0.5, 0.6) is 0 Å². The highest BCUT2D eigenvalue weighted by atomic mass is 16.5. The number of ether oxygens (including phenoxy) is 1. The molecule has 88 valence electrons. The van der Waals surface area contributed by atoms with Crippen LogP contribution in [0.25, 0.3) is 0 Å². The number of anilines is 1. The number of hydrogen-bond acceptors (Lipinski definition) is 4. The van der Waals surface area contributed by atoms with E-state index in [1.54, 1.807) is 6.92 Å². The first-order chi connectivity index (χ1) is 7.53. The Morgan fingerprint density at radius 1 is 1.44 bits per heavy atom. The largest absolute Gasteiger partial charge is 0.469 e. The van der Waals surface area contributed by atoms with Crippen LogP contribution in [0.1, 0.15) is 12.5 Å². The van der Waals surface area contributed by atoms with Crippen molar-refractivity contribution in [2.75, 3.05) is 19.4 Å². The summed E-state index contributed by atoms with van der Waals surface area (Å²) in [4.78, 5) is 11.6. The van der Waals surface area contributed by atoms with Crippen LogP contribution in [0.15, 0.2) is 24.3 Å². The molecule has 0 bridgehead atoms. The molecule has 0 aliphatic carbocycles. The zero-order chi connectivity index (χ0) is 12.2. The Balaban J connectivity index is 2.94. The molecule has 1 unspecified atom stereocenters. The average Bonchev–Trinajstić information content (AvgIpc) is 2.31. The fourth-order valence-electron chi connectivity index (χ4n) is 1.59. The molecule has 0 aliphatic rings. The fourth-order valence-corrected chi connectivity index (χ4v) is 1.59. The molecule has 0 amide bonds. The van der Waals surface area contributed by atoms with E-state index in [-0.39, 0.29) is 12.5 Å². The monoisotopic (exact) mass is 222 g/mol. The van der Waals surface area contributed by atoms with Crippen LogP contribution in [-0.4, -0.2) is 19.6 Å². The van der Waals surface area contributed by atoms with E-state index in [9.17, 15) is 4.79 Å². The number of benzene rings is 1. The number of carbonyl (C=O) groups excluding carboxylic acids is 1. The number of nitrogens with two attached hydrogens (primary N) is 2. The highest BCUT2D eigenvalue weighted by Crippen LogP contribution is 2.25. The van der Waals surface area contributed by atoms with Crippen molar-refractivity contribution in [1.29, 1.82) is 0 Å². The summed E-state index contributed by atoms with van der Waals surface area (Å²) in [6, 6.07) is 7.45. The lowest BCUT2D eigenvalue weighted by Crippen LogP contribution is -2.38. The van der Waals surface area contributed by atoms with Gasteiger partial charge < -0.3 is 16.2 Å². The second-order valence-electron chi connectivity index (χ2n) is 4.13. The summed E-state index contributed by atoms with van der Waals surface area (Å²) >= 11 is 0. The molecule has 1 rings (SSSR count). The van der Waals surface area contributed by atoms with E-state index in [2.05, 4.69) is 0 Å². The molecule has 0 aromatic heterocycles. The van der Waals surface area contributed by atoms with Crippen LogP contribution < -0.4 is 11.5 Å². The van der Waals surface area contributed by atoms with Crippen molar-refractivity contribution in [2.24, 2.45) is 11.1 Å². The Labute approximate surface area is 95.6 Å². The summed E-state index contributed by atoms with van der Waals surface area (Å²) in [5.41, 5.74) is 12.3. The van der Waals surface area contributed by atoms with Crippen LogP contribution in [0.3, 0.4) is 0 Å². The van der Waals surface area contributed by atoms with Gasteiger partial charge in [0.1, 0.15) is 0 Å². The van der Waals surface area contributed by atoms with Crippen LogP contribution >= 0.6 is 0 Å². The van der Waals surface area contributed by atoms with Gasteiger partial charge in [0, 0.05) is 12.2 Å². The third-order valence-corrected chi connectivity index (χ3v) is 2.76. The molecule has 1 atom stereocenters. The van der Waals surface area contributed by atoms with Gasteiger partial charge in [-0.2, -0.15) is 0 Å². The summed E-state index contributed by atoms with van der Waals surface area (Å²) in [5.74, 6) is -0.307. The predicted octanol–water partition coefficient (Wildman–Crippen LogP) is 0.949. The Morgan fingerprint density at radius 2 is 2.06 bits per heavy atom. The minimum absolute atomic E-state index is 0.230. The number of nitrogen functional groups attached to an aromatic ring is 1. The standard InChI is InChI=1S/C12H18N2O2/c1-12(8-13,11(15)16-2)7-9-5-3-4-6-10(9)14/h3-6H,7-8,13-14H2,1-2H3. The predicted molar refractivity (Wildman–Crippen MR) is 63.7 cm³/mol. The minimum atomic E-state index is -0.718. The van der Waals surface area contributed by atoms with Gasteiger partial charge in [-0.3, -0.25) is 4.79 Å². The van der Waals surface area contributed by atoms with E-state index in [1.165, 1.54) is 7.11 Å². The zero-order valence-electron chi connectivity index (χ0n) is 9.69. The first-order valence-electron chi connectivity index (χ1n) is 5.15. The lowest BCUT2D eigenvalue weighted by atomic mass is 9.83. The van der Waals surface area contributed by atoms with E-state index in [1.807, 2.05) is 24.3 Å². The maximum absolute atomic E-state index is 11.6. The normalized spacial score (nSPS) is 14.2. The van der Waals surface area contributed by atoms with Crippen molar-refractivity contribution >= 4 is 11.7 Å². The molecular formula is C12H18N2O2. The molecule has 0 spiro atoms. The first-order valence-corrected chi connectivity index (χ1v) is 5.15. The zero-order valence-corrected chi connectivity index (χ0v) is 9.69. The summed E-state index contributed by atoms with van der Waals surface area (Å²) in [6.07, 6.45) is 0.489. The van der Waals surface area contributed by atoms with Gasteiger partial charge >= 0.3 is 5.97 Å². The van der Waals surface area contributed by atoms with Gasteiger partial charge in [0.2, 0.25) is 0 Å². The highest BCUT2D eigenvalue weighted by molar-refractivity contribution is 5.77. The smallest absolute Gasteiger partial charge is 0.313 e. The number of methoxy groups -OCH3 is 1. The maximum Gasteiger partial charge on any atom is 0.313 e. The van der Waals surface area contributed by atoms with Crippen LogP contribution in [0, 0.1) is 5.41 Å². The lowest BCUT2D eigenvalue weighted by Gasteiger charge is -2.25. The molecule has 1 aromatic carbocycles. The molecule has 0 saturated carbocycles. The van der Waals surface area contributed by atoms with Crippen LogP contribution in [0.2, 0.25) is 0 Å². The number of hydrogen-bond donors (Lipinski definition) is 2. The highest BCUT2D eigenvalue weighted by Gasteiger charge is 2.33. The molecule has 0 saturated heterocycles. The van der Waals surface area contributed by atoms with Gasteiger partial charge in [0.25, 0.3) is 0 Å². The van der Waals surface area contributed by atoms with Gasteiger partial charge in [-0.05, 0) is 25.0 Å². The molecule has 4 N–H and O–H groups in total. The molecule has 0 aliphatic heterocycles. The number of rotatable bonds is 4. The topological polar surface area (TPSA) is 78.3 Å². The van der Waals surface area contributed by atoms with E-state index < -0.39 is 5.41 Å². The van der Waals surface area contributed by atoms with Crippen molar-refractivity contribution in [2.45, 2.75) is 13.3 Å². The van der Waals surface area contributed by atoms with Gasteiger partial charge in [-0.1, -0.05) is 18.2 Å². The molecule has 4 heteroatoms. The molecule has 0 heterocycles. The number of carbonyl (C=O) groups is 1. The van der Waals surface area contributed by atoms with Gasteiger partial charge in [0.15, 0.2) is 0 Å². The van der Waals surface area contributed by atoms with Gasteiger partial charge in [0.05, 0.1) is 12.5 Å². The number of para-hydroxylation sites is 1. The molecule has 16 heavy (non-hydrogen) atoms. The molecule has 0 radical (unpaired) electrons. The SMILES string of the molecule is COC(=O)C(C)(CN)Cc1ccccc1N. The van der Waals surface area contributed by atoms with E-state index in [0.29, 0.717) is 12.1 Å². The Hall–Kier alpha value is -1.55. The quantitative estimate of drug-likeness (QED) is 0.587. The molecule has 0 fully saturated rings. The van der Waals surface area contributed by atoms with E-state index in [0.717, 1.165) is 5.56 Å². The lowest BCUT2D eigenvalue weighted by molar-refractivity contribution is -0.151. The molecular weight excluding hydrogens is 204 g/mol. The Bertz CT molecular complexity index is 379. The molecule has 4 nitrogen and oxygen atoms in total. The van der Waals surface area contributed by atoms with Crippen LogP contribution in [0.4, 0.5) is 5.69 Å².